The summed E-state index contributed by atoms with van der Waals surface area (Å²) in [7, 11) is 0. The number of benzene rings is 2. The van der Waals surface area contributed by atoms with Crippen molar-refractivity contribution in [3.63, 3.8) is 0 Å². The maximum atomic E-state index is 13.2. The molecule has 0 aromatic heterocycles. The smallest absolute Gasteiger partial charge is 0.376 e. The van der Waals surface area contributed by atoms with Crippen molar-refractivity contribution in [2.24, 2.45) is 0 Å². The van der Waals surface area contributed by atoms with Crippen molar-refractivity contribution in [1.82, 2.24) is 16.0 Å². The van der Waals surface area contributed by atoms with Crippen LogP contribution < -0.4 is 16.0 Å². The average Bonchev–Trinajstić information content (AvgIpc) is 2.91. The lowest BCUT2D eigenvalue weighted by Gasteiger charge is -2.23. The summed E-state index contributed by atoms with van der Waals surface area (Å²) in [6.07, 6.45) is 1.85. The van der Waals surface area contributed by atoms with Crippen LogP contribution in [-0.2, 0) is 30.3 Å². The SMILES string of the molecule is CCCCC(NC(=O)[C@H](C)NC(=O)[C@H](Cc1ccccc1)NC(=O)c1ccccc1)C(=O)C(=O)OCC. The van der Waals surface area contributed by atoms with E-state index >= 15 is 0 Å². The van der Waals surface area contributed by atoms with Gasteiger partial charge in [-0.3, -0.25) is 19.2 Å². The van der Waals surface area contributed by atoms with E-state index in [1.54, 1.807) is 37.3 Å². The third kappa shape index (κ3) is 9.51. The molecule has 2 rings (SSSR count). The molecule has 0 spiro atoms. The number of ether oxygens (including phenoxy) is 1. The number of unbranched alkanes of at least 4 members (excludes halogenated alkanes) is 1. The van der Waals surface area contributed by atoms with Gasteiger partial charge in [0.15, 0.2) is 0 Å². The average molecular weight is 510 g/mol. The Labute approximate surface area is 217 Å². The summed E-state index contributed by atoms with van der Waals surface area (Å²) in [6.45, 7) is 5.03. The van der Waals surface area contributed by atoms with Crippen molar-refractivity contribution in [3.05, 3.63) is 71.8 Å². The molecule has 0 saturated carbocycles. The Hall–Kier alpha value is -4.01. The van der Waals surface area contributed by atoms with Crippen molar-refractivity contribution in [2.75, 3.05) is 6.61 Å². The third-order valence-electron chi connectivity index (χ3n) is 5.65. The minimum Gasteiger partial charge on any atom is -0.460 e. The molecule has 198 valence electrons. The Bertz CT molecular complexity index is 1060. The van der Waals surface area contributed by atoms with Crippen LogP contribution in [-0.4, -0.2) is 54.2 Å². The van der Waals surface area contributed by atoms with Gasteiger partial charge in [-0.25, -0.2) is 4.79 Å². The molecule has 1 unspecified atom stereocenters. The second kappa shape index (κ2) is 15.2. The van der Waals surface area contributed by atoms with Crippen LogP contribution >= 0.6 is 0 Å². The Kier molecular flexibility index (Phi) is 12.0. The van der Waals surface area contributed by atoms with Gasteiger partial charge in [0.05, 0.1) is 12.6 Å². The minimum absolute atomic E-state index is 0.0446. The lowest BCUT2D eigenvalue weighted by molar-refractivity contribution is -0.154. The lowest BCUT2D eigenvalue weighted by atomic mass is 10.0. The second-order valence-electron chi connectivity index (χ2n) is 8.60. The quantitative estimate of drug-likeness (QED) is 0.265. The fraction of sp³-hybridized carbons (Fsp3) is 0.393. The number of ketones is 1. The molecule has 0 bridgehead atoms. The van der Waals surface area contributed by atoms with Crippen LogP contribution in [0.2, 0.25) is 0 Å². The van der Waals surface area contributed by atoms with E-state index in [1.165, 1.54) is 6.92 Å². The second-order valence-corrected chi connectivity index (χ2v) is 8.60. The molecule has 0 fully saturated rings. The zero-order valence-corrected chi connectivity index (χ0v) is 21.5. The van der Waals surface area contributed by atoms with Gasteiger partial charge in [0.25, 0.3) is 11.7 Å². The first-order valence-corrected chi connectivity index (χ1v) is 12.5. The van der Waals surface area contributed by atoms with Gasteiger partial charge in [0, 0.05) is 12.0 Å². The van der Waals surface area contributed by atoms with Gasteiger partial charge >= 0.3 is 5.97 Å². The van der Waals surface area contributed by atoms with Crippen molar-refractivity contribution < 1.29 is 28.7 Å². The van der Waals surface area contributed by atoms with Crippen LogP contribution in [0.15, 0.2) is 60.7 Å². The highest BCUT2D eigenvalue weighted by Gasteiger charge is 2.30. The van der Waals surface area contributed by atoms with E-state index in [1.807, 2.05) is 37.3 Å². The highest BCUT2D eigenvalue weighted by molar-refractivity contribution is 6.36. The Balaban J connectivity index is 2.11. The third-order valence-corrected chi connectivity index (χ3v) is 5.65. The van der Waals surface area contributed by atoms with Crippen LogP contribution in [0, 0.1) is 0 Å². The van der Waals surface area contributed by atoms with Crippen molar-refractivity contribution in [3.8, 4) is 0 Å². The maximum Gasteiger partial charge on any atom is 0.376 e. The highest BCUT2D eigenvalue weighted by atomic mass is 16.5. The number of hydrogen-bond acceptors (Lipinski definition) is 6. The number of hydrogen-bond donors (Lipinski definition) is 3. The number of esters is 1. The van der Waals surface area contributed by atoms with Crippen molar-refractivity contribution >= 4 is 29.5 Å². The van der Waals surface area contributed by atoms with E-state index in [0.29, 0.717) is 12.0 Å². The van der Waals surface area contributed by atoms with Crippen LogP contribution in [0.1, 0.15) is 56.0 Å². The highest BCUT2D eigenvalue weighted by Crippen LogP contribution is 2.07. The molecule has 9 heteroatoms. The molecule has 2 aromatic rings. The zero-order chi connectivity index (χ0) is 27.2. The molecule has 0 heterocycles. The summed E-state index contributed by atoms with van der Waals surface area (Å²) >= 11 is 0. The van der Waals surface area contributed by atoms with Crippen LogP contribution in [0.25, 0.3) is 0 Å². The number of carbonyl (C=O) groups excluding carboxylic acids is 5. The Morgan fingerprint density at radius 2 is 1.41 bits per heavy atom. The monoisotopic (exact) mass is 509 g/mol. The number of rotatable bonds is 14. The lowest BCUT2D eigenvalue weighted by Crippen LogP contribution is -2.55. The van der Waals surface area contributed by atoms with Crippen LogP contribution in [0.5, 0.6) is 0 Å². The van der Waals surface area contributed by atoms with E-state index in [0.717, 1.165) is 12.0 Å². The predicted octanol–water partition coefficient (Wildman–Crippen LogP) is 2.34. The van der Waals surface area contributed by atoms with Gasteiger partial charge in [0.1, 0.15) is 12.1 Å². The maximum absolute atomic E-state index is 13.2. The summed E-state index contributed by atoms with van der Waals surface area (Å²) in [5.41, 5.74) is 1.23. The number of carbonyl (C=O) groups is 5. The molecule has 0 aliphatic rings. The largest absolute Gasteiger partial charge is 0.460 e. The molecule has 9 nitrogen and oxygen atoms in total. The van der Waals surface area contributed by atoms with E-state index in [-0.39, 0.29) is 19.4 Å². The summed E-state index contributed by atoms with van der Waals surface area (Å²) in [4.78, 5) is 63.2. The predicted molar refractivity (Wildman–Crippen MR) is 139 cm³/mol. The zero-order valence-electron chi connectivity index (χ0n) is 21.5. The summed E-state index contributed by atoms with van der Waals surface area (Å²) in [6, 6.07) is 14.7. The van der Waals surface area contributed by atoms with Crippen molar-refractivity contribution in [1.29, 1.82) is 0 Å². The molecule has 3 N–H and O–H groups in total. The fourth-order valence-corrected chi connectivity index (χ4v) is 3.59. The van der Waals surface area contributed by atoms with Gasteiger partial charge in [0.2, 0.25) is 11.8 Å². The Morgan fingerprint density at radius 1 is 0.784 bits per heavy atom. The van der Waals surface area contributed by atoms with Crippen LogP contribution in [0.4, 0.5) is 0 Å². The Morgan fingerprint density at radius 3 is 2.00 bits per heavy atom. The van der Waals surface area contributed by atoms with Crippen molar-refractivity contribution in [2.45, 2.75) is 64.6 Å². The van der Waals surface area contributed by atoms with E-state index in [4.69, 9.17) is 4.74 Å². The van der Waals surface area contributed by atoms with Gasteiger partial charge in [-0.15, -0.1) is 0 Å². The topological polar surface area (TPSA) is 131 Å². The summed E-state index contributed by atoms with van der Waals surface area (Å²) < 4.78 is 4.78. The molecule has 0 aliphatic heterocycles. The van der Waals surface area contributed by atoms with Gasteiger partial charge in [-0.1, -0.05) is 68.3 Å². The molecular formula is C28H35N3O6. The van der Waals surface area contributed by atoms with Crippen LogP contribution in [0.3, 0.4) is 0 Å². The van der Waals surface area contributed by atoms with Gasteiger partial charge in [-0.2, -0.15) is 0 Å². The fourth-order valence-electron chi connectivity index (χ4n) is 3.59. The molecule has 0 radical (unpaired) electrons. The first-order valence-electron chi connectivity index (χ1n) is 12.5. The molecule has 37 heavy (non-hydrogen) atoms. The summed E-state index contributed by atoms with van der Waals surface area (Å²) in [5.74, 6) is -3.45. The van der Waals surface area contributed by atoms with E-state index in [9.17, 15) is 24.0 Å². The van der Waals surface area contributed by atoms with E-state index < -0.39 is 47.6 Å². The number of nitrogens with one attached hydrogen (secondary N) is 3. The number of Topliss-reactive ketones (excluding diaryl/α,β-unsaturated/α-hetero) is 1. The molecule has 0 saturated heterocycles. The normalized spacial score (nSPS) is 12.9. The molecule has 2 aromatic carbocycles. The summed E-state index contributed by atoms with van der Waals surface area (Å²) in [5, 5.41) is 7.92. The molecular weight excluding hydrogens is 474 g/mol. The first kappa shape index (κ1) is 29.2. The van der Waals surface area contributed by atoms with E-state index in [2.05, 4.69) is 16.0 Å². The minimum atomic E-state index is -1.05. The van der Waals surface area contributed by atoms with Gasteiger partial charge in [-0.05, 0) is 38.0 Å². The first-order chi connectivity index (χ1) is 17.8. The number of amides is 3. The molecule has 3 amide bonds. The molecule has 3 atom stereocenters. The van der Waals surface area contributed by atoms with Gasteiger partial charge < -0.3 is 20.7 Å². The molecule has 0 aliphatic carbocycles. The standard InChI is InChI=1S/C28H35N3O6/c1-4-6-17-22(24(32)28(36)37-5-2)30-25(33)19(3)29-27(35)23(18-20-13-9-7-10-14-20)31-26(34)21-15-11-8-12-16-21/h7-16,19,22-23H,4-6,17-18H2,1-3H3,(H,29,35)(H,30,33)(H,31,34)/t19-,22?,23-/m0/s1.